The van der Waals surface area contributed by atoms with Gasteiger partial charge in [0, 0.05) is 19.3 Å². The van der Waals surface area contributed by atoms with Crippen molar-refractivity contribution in [3.8, 4) is 11.4 Å². The molecule has 0 bridgehead atoms. The molecule has 0 saturated heterocycles. The topological polar surface area (TPSA) is 72.8 Å². The van der Waals surface area contributed by atoms with E-state index in [1.807, 2.05) is 24.7 Å². The van der Waals surface area contributed by atoms with E-state index in [0.29, 0.717) is 16.0 Å². The van der Waals surface area contributed by atoms with Crippen molar-refractivity contribution in [1.29, 1.82) is 0 Å². The van der Waals surface area contributed by atoms with Crippen molar-refractivity contribution in [1.82, 2.24) is 19.7 Å². The molecule has 102 valence electrons. The zero-order valence-electron chi connectivity index (χ0n) is 11.0. The summed E-state index contributed by atoms with van der Waals surface area (Å²) >= 11 is 3.21. The number of hydrogen-bond donors (Lipinski definition) is 1. The third kappa shape index (κ3) is 2.93. The molecule has 0 aliphatic rings. The van der Waals surface area contributed by atoms with Gasteiger partial charge in [-0.2, -0.15) is 5.10 Å². The van der Waals surface area contributed by atoms with E-state index < -0.39 is 0 Å². The maximum atomic E-state index is 11.8. The van der Waals surface area contributed by atoms with E-state index in [4.69, 9.17) is 4.74 Å². The molecular weight excluding hydrogens is 312 g/mol. The molecule has 2 aromatic rings. The minimum Gasteiger partial charge on any atom is -0.378 e. The molecular formula is C12H15BrN4O2. The van der Waals surface area contributed by atoms with Gasteiger partial charge in [-0.05, 0) is 29.8 Å². The number of methoxy groups -OCH3 is 1. The average molecular weight is 327 g/mol. The lowest BCUT2D eigenvalue weighted by Gasteiger charge is -2.05. The number of nitrogens with one attached hydrogen (secondary N) is 1. The lowest BCUT2D eigenvalue weighted by molar-refractivity contribution is 0.180. The molecule has 2 heterocycles. The van der Waals surface area contributed by atoms with Gasteiger partial charge in [-0.25, -0.2) is 4.98 Å². The second kappa shape index (κ2) is 5.66. The standard InChI is InChI=1S/C12H15BrN4O2/c1-7(2)17-5-8(4-14-17)11-15-9(6-19-3)10(13)12(18)16-11/h4-5,7H,6H2,1-3H3,(H,15,16,18). The van der Waals surface area contributed by atoms with Crippen molar-refractivity contribution in [2.75, 3.05) is 7.11 Å². The lowest BCUT2D eigenvalue weighted by atomic mass is 10.3. The Bertz CT molecular complexity index is 633. The molecule has 2 aromatic heterocycles. The quantitative estimate of drug-likeness (QED) is 0.934. The summed E-state index contributed by atoms with van der Waals surface area (Å²) in [7, 11) is 1.56. The van der Waals surface area contributed by atoms with Crippen LogP contribution in [0.3, 0.4) is 0 Å². The summed E-state index contributed by atoms with van der Waals surface area (Å²) < 4.78 is 7.24. The highest BCUT2D eigenvalue weighted by Crippen LogP contribution is 2.18. The molecule has 0 radical (unpaired) electrons. The SMILES string of the molecule is COCc1nc(-c2cnn(C(C)C)c2)[nH]c(=O)c1Br. The summed E-state index contributed by atoms with van der Waals surface area (Å²) in [4.78, 5) is 18.9. The predicted molar refractivity (Wildman–Crippen MR) is 74.9 cm³/mol. The predicted octanol–water partition coefficient (Wildman–Crippen LogP) is 2.12. The molecule has 0 aliphatic carbocycles. The first-order valence-corrected chi connectivity index (χ1v) is 6.64. The minimum absolute atomic E-state index is 0.227. The molecule has 0 aliphatic heterocycles. The van der Waals surface area contributed by atoms with Gasteiger partial charge < -0.3 is 9.72 Å². The van der Waals surface area contributed by atoms with Crippen LogP contribution in [0.1, 0.15) is 25.6 Å². The van der Waals surface area contributed by atoms with Crippen molar-refractivity contribution >= 4 is 15.9 Å². The van der Waals surface area contributed by atoms with E-state index in [1.165, 1.54) is 0 Å². The fraction of sp³-hybridized carbons (Fsp3) is 0.417. The van der Waals surface area contributed by atoms with Crippen molar-refractivity contribution < 1.29 is 4.74 Å². The largest absolute Gasteiger partial charge is 0.378 e. The Labute approximate surface area is 119 Å². The highest BCUT2D eigenvalue weighted by molar-refractivity contribution is 9.10. The smallest absolute Gasteiger partial charge is 0.265 e. The third-order valence-corrected chi connectivity index (χ3v) is 3.43. The van der Waals surface area contributed by atoms with Crippen LogP contribution < -0.4 is 5.56 Å². The van der Waals surface area contributed by atoms with Gasteiger partial charge in [0.25, 0.3) is 5.56 Å². The fourth-order valence-electron chi connectivity index (χ4n) is 1.62. The van der Waals surface area contributed by atoms with Gasteiger partial charge in [0.05, 0.1) is 24.1 Å². The molecule has 0 atom stereocenters. The molecule has 6 nitrogen and oxygen atoms in total. The van der Waals surface area contributed by atoms with E-state index in [0.717, 1.165) is 5.56 Å². The van der Waals surface area contributed by atoms with Crippen LogP contribution in [0, 0.1) is 0 Å². The Kier molecular flexibility index (Phi) is 4.16. The van der Waals surface area contributed by atoms with Crippen LogP contribution >= 0.6 is 15.9 Å². The highest BCUT2D eigenvalue weighted by Gasteiger charge is 2.12. The summed E-state index contributed by atoms with van der Waals surface area (Å²) in [5.74, 6) is 0.493. The first kappa shape index (κ1) is 14.0. The minimum atomic E-state index is -0.227. The monoisotopic (exact) mass is 326 g/mol. The maximum Gasteiger partial charge on any atom is 0.265 e. The fourth-order valence-corrected chi connectivity index (χ4v) is 1.92. The molecule has 0 spiro atoms. The first-order valence-electron chi connectivity index (χ1n) is 5.85. The summed E-state index contributed by atoms with van der Waals surface area (Å²) in [5.41, 5.74) is 1.11. The van der Waals surface area contributed by atoms with Crippen LogP contribution in [0.4, 0.5) is 0 Å². The molecule has 0 aromatic carbocycles. The Hall–Kier alpha value is -1.47. The second-order valence-corrected chi connectivity index (χ2v) is 5.20. The number of H-pyrrole nitrogens is 1. The van der Waals surface area contributed by atoms with Crippen LogP contribution in [-0.2, 0) is 11.3 Å². The van der Waals surface area contributed by atoms with Gasteiger partial charge in [-0.15, -0.1) is 0 Å². The Balaban J connectivity index is 2.46. The number of halogens is 1. The van der Waals surface area contributed by atoms with E-state index in [2.05, 4.69) is 31.0 Å². The van der Waals surface area contributed by atoms with Gasteiger partial charge >= 0.3 is 0 Å². The number of aromatic amines is 1. The zero-order valence-corrected chi connectivity index (χ0v) is 12.6. The van der Waals surface area contributed by atoms with Crippen LogP contribution in [0.5, 0.6) is 0 Å². The maximum absolute atomic E-state index is 11.8. The zero-order chi connectivity index (χ0) is 14.0. The molecule has 0 saturated carbocycles. The van der Waals surface area contributed by atoms with Crippen LogP contribution in [0.25, 0.3) is 11.4 Å². The third-order valence-electron chi connectivity index (χ3n) is 2.62. The van der Waals surface area contributed by atoms with Gasteiger partial charge in [0.2, 0.25) is 0 Å². The molecule has 0 amide bonds. The Morgan fingerprint density at radius 2 is 2.26 bits per heavy atom. The summed E-state index contributed by atoms with van der Waals surface area (Å²) in [6.45, 7) is 4.34. The normalized spacial score (nSPS) is 11.2. The summed E-state index contributed by atoms with van der Waals surface area (Å²) in [6.07, 6.45) is 3.54. The van der Waals surface area contributed by atoms with Crippen molar-refractivity contribution in [2.24, 2.45) is 0 Å². The van der Waals surface area contributed by atoms with E-state index in [9.17, 15) is 4.79 Å². The number of ether oxygens (including phenoxy) is 1. The van der Waals surface area contributed by atoms with Gasteiger partial charge in [0.15, 0.2) is 0 Å². The Morgan fingerprint density at radius 1 is 1.53 bits per heavy atom. The lowest BCUT2D eigenvalue weighted by Crippen LogP contribution is -2.14. The number of hydrogen-bond acceptors (Lipinski definition) is 4. The van der Waals surface area contributed by atoms with Gasteiger partial charge in [-0.1, -0.05) is 0 Å². The van der Waals surface area contributed by atoms with E-state index >= 15 is 0 Å². The molecule has 0 fully saturated rings. The number of nitrogens with zero attached hydrogens (tertiary/aromatic N) is 3. The van der Waals surface area contributed by atoms with Crippen molar-refractivity contribution in [2.45, 2.75) is 26.5 Å². The molecule has 19 heavy (non-hydrogen) atoms. The first-order chi connectivity index (χ1) is 9.02. The molecule has 1 N–H and O–H groups in total. The highest BCUT2D eigenvalue weighted by atomic mass is 79.9. The van der Waals surface area contributed by atoms with Crippen molar-refractivity contribution in [3.05, 3.63) is 32.9 Å². The summed E-state index contributed by atoms with van der Waals surface area (Å²) in [6, 6.07) is 0.259. The van der Waals surface area contributed by atoms with Crippen LogP contribution in [-0.4, -0.2) is 26.9 Å². The van der Waals surface area contributed by atoms with Gasteiger partial charge in [-0.3, -0.25) is 9.48 Å². The number of rotatable bonds is 4. The Morgan fingerprint density at radius 3 is 2.84 bits per heavy atom. The average Bonchev–Trinajstić information content (AvgIpc) is 2.84. The van der Waals surface area contributed by atoms with Crippen LogP contribution in [0.2, 0.25) is 0 Å². The van der Waals surface area contributed by atoms with E-state index in [1.54, 1.807) is 13.3 Å². The van der Waals surface area contributed by atoms with E-state index in [-0.39, 0.29) is 18.2 Å². The van der Waals surface area contributed by atoms with Crippen molar-refractivity contribution in [3.63, 3.8) is 0 Å². The molecule has 7 heteroatoms. The molecule has 2 rings (SSSR count). The van der Waals surface area contributed by atoms with Crippen LogP contribution in [0.15, 0.2) is 21.7 Å². The second-order valence-electron chi connectivity index (χ2n) is 4.41. The van der Waals surface area contributed by atoms with Gasteiger partial charge in [0.1, 0.15) is 10.3 Å². The molecule has 0 unspecified atom stereocenters. The summed E-state index contributed by atoms with van der Waals surface area (Å²) in [5, 5.41) is 4.23. The number of aromatic nitrogens is 4.